The minimum absolute atomic E-state index is 0.107. The first-order chi connectivity index (χ1) is 12.2. The van der Waals surface area contributed by atoms with Crippen LogP contribution in [-0.2, 0) is 9.59 Å². The maximum absolute atomic E-state index is 12.6. The zero-order valence-electron chi connectivity index (χ0n) is 14.6. The van der Waals surface area contributed by atoms with Gasteiger partial charge in [-0.15, -0.1) is 0 Å². The highest BCUT2D eigenvalue weighted by atomic mass is 16.2. The van der Waals surface area contributed by atoms with Gasteiger partial charge in [0.25, 0.3) is 0 Å². The van der Waals surface area contributed by atoms with Gasteiger partial charge >= 0.3 is 0 Å². The molecule has 134 valence electrons. The number of likely N-dealkylation sites (tertiary alicyclic amines) is 1. The largest absolute Gasteiger partial charge is 0.370 e. The molecule has 2 amide bonds. The standard InChI is InChI=1S/C19H26N4O2/c24-18(16-5-4-12-23(16)19(25)14-6-7-14)21-17-9-8-15(13-20-17)22-10-2-1-3-11-22/h8-9,13-14,16H,1-7,10-12H2,(H,20,21,24)/t16-/m1/s1. The van der Waals surface area contributed by atoms with Gasteiger partial charge in [0, 0.05) is 25.6 Å². The van der Waals surface area contributed by atoms with E-state index in [4.69, 9.17) is 0 Å². The molecule has 0 aromatic carbocycles. The van der Waals surface area contributed by atoms with Crippen LogP contribution in [0.25, 0.3) is 0 Å². The quantitative estimate of drug-likeness (QED) is 0.912. The monoisotopic (exact) mass is 342 g/mol. The number of hydrogen-bond acceptors (Lipinski definition) is 4. The van der Waals surface area contributed by atoms with Gasteiger partial charge < -0.3 is 15.1 Å². The summed E-state index contributed by atoms with van der Waals surface area (Å²) in [6.07, 6.45) is 9.19. The predicted molar refractivity (Wildman–Crippen MR) is 96.4 cm³/mol. The molecular formula is C19H26N4O2. The number of nitrogens with one attached hydrogen (secondary N) is 1. The van der Waals surface area contributed by atoms with Gasteiger partial charge in [-0.25, -0.2) is 4.98 Å². The lowest BCUT2D eigenvalue weighted by molar-refractivity contribution is -0.137. The van der Waals surface area contributed by atoms with Crippen LogP contribution in [-0.4, -0.2) is 47.4 Å². The van der Waals surface area contributed by atoms with Gasteiger partial charge in [0.1, 0.15) is 11.9 Å². The summed E-state index contributed by atoms with van der Waals surface area (Å²) in [5.74, 6) is 0.780. The first-order valence-electron chi connectivity index (χ1n) is 9.55. The second kappa shape index (κ2) is 7.02. The highest BCUT2D eigenvalue weighted by Crippen LogP contribution is 2.34. The molecule has 4 rings (SSSR count). The summed E-state index contributed by atoms with van der Waals surface area (Å²) in [7, 11) is 0. The SMILES string of the molecule is O=C(Nc1ccc(N2CCCCC2)cn1)[C@H]1CCCN1C(=O)C1CC1. The van der Waals surface area contributed by atoms with Gasteiger partial charge in [0.2, 0.25) is 11.8 Å². The van der Waals surface area contributed by atoms with Crippen molar-refractivity contribution in [2.24, 2.45) is 5.92 Å². The van der Waals surface area contributed by atoms with Gasteiger partial charge in [0.15, 0.2) is 0 Å². The Morgan fingerprint density at radius 1 is 1.00 bits per heavy atom. The Labute approximate surface area is 148 Å². The van der Waals surface area contributed by atoms with Gasteiger partial charge in [-0.2, -0.15) is 0 Å². The zero-order chi connectivity index (χ0) is 17.2. The molecule has 1 saturated carbocycles. The second-order valence-corrected chi connectivity index (χ2v) is 7.40. The summed E-state index contributed by atoms with van der Waals surface area (Å²) in [5.41, 5.74) is 1.11. The maximum atomic E-state index is 12.6. The van der Waals surface area contributed by atoms with Gasteiger partial charge in [0.05, 0.1) is 11.9 Å². The number of carbonyl (C=O) groups excluding carboxylic acids is 2. The molecular weight excluding hydrogens is 316 g/mol. The minimum Gasteiger partial charge on any atom is -0.370 e. The Hall–Kier alpha value is -2.11. The topological polar surface area (TPSA) is 65.5 Å². The lowest BCUT2D eigenvalue weighted by Crippen LogP contribution is -2.43. The van der Waals surface area contributed by atoms with Crippen molar-refractivity contribution in [1.29, 1.82) is 0 Å². The molecule has 0 spiro atoms. The van der Waals surface area contributed by atoms with Gasteiger partial charge in [-0.3, -0.25) is 9.59 Å². The van der Waals surface area contributed by atoms with Crippen molar-refractivity contribution in [2.75, 3.05) is 29.9 Å². The van der Waals surface area contributed by atoms with Crippen molar-refractivity contribution >= 4 is 23.3 Å². The van der Waals surface area contributed by atoms with Crippen LogP contribution in [0, 0.1) is 5.92 Å². The van der Waals surface area contributed by atoms with Crippen molar-refractivity contribution in [1.82, 2.24) is 9.88 Å². The number of amides is 2. The van der Waals surface area contributed by atoms with E-state index in [0.717, 1.165) is 44.5 Å². The summed E-state index contributed by atoms with van der Waals surface area (Å²) in [4.78, 5) is 33.4. The van der Waals surface area contributed by atoms with Crippen LogP contribution in [0.2, 0.25) is 0 Å². The molecule has 1 aliphatic carbocycles. The van der Waals surface area contributed by atoms with E-state index in [-0.39, 0.29) is 23.8 Å². The molecule has 0 bridgehead atoms. The van der Waals surface area contributed by atoms with E-state index in [1.54, 1.807) is 4.90 Å². The van der Waals surface area contributed by atoms with E-state index in [1.165, 1.54) is 19.3 Å². The van der Waals surface area contributed by atoms with E-state index in [9.17, 15) is 9.59 Å². The third-order valence-electron chi connectivity index (χ3n) is 5.49. The Balaban J connectivity index is 1.37. The lowest BCUT2D eigenvalue weighted by Gasteiger charge is -2.28. The Bertz CT molecular complexity index is 635. The van der Waals surface area contributed by atoms with Crippen LogP contribution in [0.15, 0.2) is 18.3 Å². The molecule has 6 heteroatoms. The molecule has 6 nitrogen and oxygen atoms in total. The molecule has 1 aromatic heterocycles. The van der Waals surface area contributed by atoms with Crippen LogP contribution in [0.3, 0.4) is 0 Å². The van der Waals surface area contributed by atoms with Crippen molar-refractivity contribution in [2.45, 2.75) is 51.0 Å². The smallest absolute Gasteiger partial charge is 0.248 e. The van der Waals surface area contributed by atoms with Gasteiger partial charge in [-0.05, 0) is 57.1 Å². The fourth-order valence-corrected chi connectivity index (χ4v) is 3.88. The summed E-state index contributed by atoms with van der Waals surface area (Å²) >= 11 is 0. The van der Waals surface area contributed by atoms with Crippen molar-refractivity contribution in [3.63, 3.8) is 0 Å². The first kappa shape index (κ1) is 16.4. The zero-order valence-corrected chi connectivity index (χ0v) is 14.6. The molecule has 1 N–H and O–H groups in total. The number of hydrogen-bond donors (Lipinski definition) is 1. The van der Waals surface area contributed by atoms with Crippen molar-refractivity contribution in [3.05, 3.63) is 18.3 Å². The number of aromatic nitrogens is 1. The van der Waals surface area contributed by atoms with Crippen LogP contribution < -0.4 is 10.2 Å². The Morgan fingerprint density at radius 2 is 1.80 bits per heavy atom. The summed E-state index contributed by atoms with van der Waals surface area (Å²) in [6.45, 7) is 2.86. The van der Waals surface area contributed by atoms with E-state index >= 15 is 0 Å². The fraction of sp³-hybridized carbons (Fsp3) is 0.632. The average molecular weight is 342 g/mol. The number of nitrogens with zero attached hydrogens (tertiary/aromatic N) is 3. The third-order valence-corrected chi connectivity index (χ3v) is 5.49. The summed E-state index contributed by atoms with van der Waals surface area (Å²) in [6, 6.07) is 3.55. The number of rotatable bonds is 4. The highest BCUT2D eigenvalue weighted by Gasteiger charge is 2.40. The molecule has 2 aliphatic heterocycles. The van der Waals surface area contributed by atoms with Gasteiger partial charge in [-0.1, -0.05) is 0 Å². The average Bonchev–Trinajstić information content (AvgIpc) is 3.38. The van der Waals surface area contributed by atoms with E-state index < -0.39 is 0 Å². The number of carbonyl (C=O) groups is 2. The lowest BCUT2D eigenvalue weighted by atomic mass is 10.1. The molecule has 3 fully saturated rings. The highest BCUT2D eigenvalue weighted by molar-refractivity contribution is 5.97. The molecule has 1 atom stereocenters. The predicted octanol–water partition coefficient (Wildman–Crippen LogP) is 2.41. The van der Waals surface area contributed by atoms with Crippen LogP contribution in [0.1, 0.15) is 44.9 Å². The fourth-order valence-electron chi connectivity index (χ4n) is 3.88. The Morgan fingerprint density at radius 3 is 2.48 bits per heavy atom. The molecule has 25 heavy (non-hydrogen) atoms. The van der Waals surface area contributed by atoms with E-state index in [1.807, 2.05) is 18.3 Å². The third kappa shape index (κ3) is 3.62. The molecule has 0 unspecified atom stereocenters. The van der Waals surface area contributed by atoms with Crippen molar-refractivity contribution < 1.29 is 9.59 Å². The number of pyridine rings is 1. The van der Waals surface area contributed by atoms with Crippen LogP contribution in [0.5, 0.6) is 0 Å². The number of piperidine rings is 1. The second-order valence-electron chi connectivity index (χ2n) is 7.40. The van der Waals surface area contributed by atoms with E-state index in [0.29, 0.717) is 12.4 Å². The summed E-state index contributed by atoms with van der Waals surface area (Å²) < 4.78 is 0. The van der Waals surface area contributed by atoms with Crippen LogP contribution >= 0.6 is 0 Å². The Kier molecular flexibility index (Phi) is 4.59. The van der Waals surface area contributed by atoms with Crippen molar-refractivity contribution in [3.8, 4) is 0 Å². The summed E-state index contributed by atoms with van der Waals surface area (Å²) in [5, 5.41) is 2.90. The minimum atomic E-state index is -0.336. The first-order valence-corrected chi connectivity index (χ1v) is 9.55. The van der Waals surface area contributed by atoms with E-state index in [2.05, 4.69) is 15.2 Å². The molecule has 2 saturated heterocycles. The molecule has 3 aliphatic rings. The molecule has 0 radical (unpaired) electrons. The maximum Gasteiger partial charge on any atom is 0.248 e. The molecule has 1 aromatic rings. The number of anilines is 2. The normalized spacial score (nSPS) is 23.6. The van der Waals surface area contributed by atoms with Crippen LogP contribution in [0.4, 0.5) is 11.5 Å². The molecule has 3 heterocycles.